The standard InChI is InChI=1S/C20H22FN5O2/c21-16-5-3-13(4-6-16)9-23-17-8-15(19(27)20(17)28)11-26-12-18(24-25-26)14-2-1-7-22-10-14/h1-7,10,12,15,17,19-20,23,27-28H,8-9,11H2/t15-,17-,19-,20+/m1/s1. The summed E-state index contributed by atoms with van der Waals surface area (Å²) in [6.07, 6.45) is 4.12. The van der Waals surface area contributed by atoms with E-state index in [-0.39, 0.29) is 17.8 Å². The predicted octanol–water partition coefficient (Wildman–Crippen LogP) is 1.38. The summed E-state index contributed by atoms with van der Waals surface area (Å²) in [5.74, 6) is -0.428. The van der Waals surface area contributed by atoms with E-state index < -0.39 is 12.2 Å². The molecule has 1 aromatic carbocycles. The maximum atomic E-state index is 13.0. The van der Waals surface area contributed by atoms with Crippen LogP contribution in [0.15, 0.2) is 55.0 Å². The molecule has 0 aliphatic heterocycles. The normalized spacial score (nSPS) is 24.5. The number of nitrogens with zero attached hydrogens (tertiary/aromatic N) is 4. The van der Waals surface area contributed by atoms with Gasteiger partial charge in [0.15, 0.2) is 0 Å². The van der Waals surface area contributed by atoms with Crippen molar-refractivity contribution in [1.29, 1.82) is 0 Å². The van der Waals surface area contributed by atoms with Crippen molar-refractivity contribution in [3.63, 3.8) is 0 Å². The number of pyridine rings is 1. The van der Waals surface area contributed by atoms with Gasteiger partial charge in [-0.1, -0.05) is 17.3 Å². The summed E-state index contributed by atoms with van der Waals surface area (Å²) in [4.78, 5) is 4.08. The van der Waals surface area contributed by atoms with Gasteiger partial charge in [0, 0.05) is 43.0 Å². The molecule has 0 spiro atoms. The number of halogens is 1. The van der Waals surface area contributed by atoms with Gasteiger partial charge in [0.1, 0.15) is 11.5 Å². The molecule has 1 aliphatic rings. The van der Waals surface area contributed by atoms with Crippen LogP contribution in [0.4, 0.5) is 4.39 Å². The number of benzene rings is 1. The highest BCUT2D eigenvalue weighted by molar-refractivity contribution is 5.55. The van der Waals surface area contributed by atoms with Crippen molar-refractivity contribution in [3.05, 3.63) is 66.4 Å². The Morgan fingerprint density at radius 2 is 1.96 bits per heavy atom. The molecule has 1 fully saturated rings. The van der Waals surface area contributed by atoms with Crippen LogP contribution in [0.25, 0.3) is 11.3 Å². The van der Waals surface area contributed by atoms with Crippen LogP contribution in [0.3, 0.4) is 0 Å². The second-order valence-electron chi connectivity index (χ2n) is 7.16. The number of hydrogen-bond acceptors (Lipinski definition) is 6. The molecule has 8 heteroatoms. The van der Waals surface area contributed by atoms with E-state index in [1.54, 1.807) is 29.2 Å². The Morgan fingerprint density at radius 1 is 1.14 bits per heavy atom. The quantitative estimate of drug-likeness (QED) is 0.595. The fourth-order valence-electron chi connectivity index (χ4n) is 3.63. The molecule has 0 radical (unpaired) electrons. The lowest BCUT2D eigenvalue weighted by molar-refractivity contribution is 0.00722. The van der Waals surface area contributed by atoms with Gasteiger partial charge in [0.05, 0.1) is 18.4 Å². The van der Waals surface area contributed by atoms with Crippen LogP contribution in [0.5, 0.6) is 0 Å². The average Bonchev–Trinajstić information content (AvgIpc) is 3.29. The van der Waals surface area contributed by atoms with Crippen LogP contribution < -0.4 is 5.32 Å². The van der Waals surface area contributed by atoms with Gasteiger partial charge in [-0.05, 0) is 36.2 Å². The first kappa shape index (κ1) is 18.7. The zero-order chi connectivity index (χ0) is 19.5. The monoisotopic (exact) mass is 383 g/mol. The summed E-state index contributed by atoms with van der Waals surface area (Å²) in [5.41, 5.74) is 2.51. The Kier molecular flexibility index (Phi) is 5.43. The van der Waals surface area contributed by atoms with E-state index >= 15 is 0 Å². The lowest BCUT2D eigenvalue weighted by atomic mass is 10.1. The van der Waals surface area contributed by atoms with Gasteiger partial charge in [-0.25, -0.2) is 4.39 Å². The number of rotatable bonds is 6. The molecule has 1 aliphatic carbocycles. The number of aromatic nitrogens is 4. The number of nitrogens with one attached hydrogen (secondary N) is 1. The van der Waals surface area contributed by atoms with Gasteiger partial charge in [0.25, 0.3) is 0 Å². The summed E-state index contributed by atoms with van der Waals surface area (Å²) >= 11 is 0. The first-order valence-electron chi connectivity index (χ1n) is 9.24. The van der Waals surface area contributed by atoms with Crippen LogP contribution >= 0.6 is 0 Å². The summed E-state index contributed by atoms with van der Waals surface area (Å²) in [5, 5.41) is 32.4. The Balaban J connectivity index is 1.36. The third kappa shape index (κ3) is 4.09. The molecule has 7 nitrogen and oxygen atoms in total. The third-order valence-electron chi connectivity index (χ3n) is 5.20. The maximum absolute atomic E-state index is 13.0. The molecule has 146 valence electrons. The van der Waals surface area contributed by atoms with Crippen molar-refractivity contribution >= 4 is 0 Å². The van der Waals surface area contributed by atoms with Crippen molar-refractivity contribution in [2.24, 2.45) is 5.92 Å². The lowest BCUT2D eigenvalue weighted by Crippen LogP contribution is -2.39. The Morgan fingerprint density at radius 3 is 2.71 bits per heavy atom. The molecule has 3 N–H and O–H groups in total. The first-order chi connectivity index (χ1) is 13.6. The summed E-state index contributed by atoms with van der Waals surface area (Å²) in [6, 6.07) is 9.72. The Bertz CT molecular complexity index is 902. The molecule has 0 bridgehead atoms. The molecular weight excluding hydrogens is 361 g/mol. The number of aliphatic hydroxyl groups excluding tert-OH is 2. The van der Waals surface area contributed by atoms with E-state index in [0.717, 1.165) is 11.1 Å². The smallest absolute Gasteiger partial charge is 0.123 e. The average molecular weight is 383 g/mol. The molecule has 4 rings (SSSR count). The van der Waals surface area contributed by atoms with E-state index in [9.17, 15) is 14.6 Å². The van der Waals surface area contributed by atoms with Crippen molar-refractivity contribution < 1.29 is 14.6 Å². The van der Waals surface area contributed by atoms with E-state index in [1.807, 2.05) is 18.3 Å². The van der Waals surface area contributed by atoms with Gasteiger partial charge in [-0.3, -0.25) is 9.67 Å². The van der Waals surface area contributed by atoms with E-state index in [4.69, 9.17) is 0 Å². The molecule has 0 saturated heterocycles. The van der Waals surface area contributed by atoms with Gasteiger partial charge in [-0.2, -0.15) is 0 Å². The van der Waals surface area contributed by atoms with Crippen LogP contribution in [0.2, 0.25) is 0 Å². The molecular formula is C20H22FN5O2. The molecule has 3 aromatic rings. The van der Waals surface area contributed by atoms with Crippen molar-refractivity contribution in [1.82, 2.24) is 25.3 Å². The van der Waals surface area contributed by atoms with Gasteiger partial charge in [-0.15, -0.1) is 5.10 Å². The summed E-state index contributed by atoms with van der Waals surface area (Å²) < 4.78 is 14.7. The van der Waals surface area contributed by atoms with E-state index in [1.165, 1.54) is 12.1 Å². The Labute approximate surface area is 161 Å². The van der Waals surface area contributed by atoms with Crippen LogP contribution in [0.1, 0.15) is 12.0 Å². The highest BCUT2D eigenvalue weighted by Gasteiger charge is 2.41. The summed E-state index contributed by atoms with van der Waals surface area (Å²) in [6.45, 7) is 0.955. The fourth-order valence-corrected chi connectivity index (χ4v) is 3.63. The highest BCUT2D eigenvalue weighted by Crippen LogP contribution is 2.29. The molecule has 28 heavy (non-hydrogen) atoms. The third-order valence-corrected chi connectivity index (χ3v) is 5.20. The van der Waals surface area contributed by atoms with Crippen molar-refractivity contribution in [2.75, 3.05) is 0 Å². The van der Waals surface area contributed by atoms with Crippen molar-refractivity contribution in [3.8, 4) is 11.3 Å². The predicted molar refractivity (Wildman–Crippen MR) is 100 cm³/mol. The number of hydrogen-bond donors (Lipinski definition) is 3. The highest BCUT2D eigenvalue weighted by atomic mass is 19.1. The molecule has 2 heterocycles. The minimum absolute atomic E-state index is 0.149. The second-order valence-corrected chi connectivity index (χ2v) is 7.16. The minimum Gasteiger partial charge on any atom is -0.390 e. The Hall–Kier alpha value is -2.68. The van der Waals surface area contributed by atoms with Gasteiger partial charge >= 0.3 is 0 Å². The zero-order valence-electron chi connectivity index (χ0n) is 15.2. The van der Waals surface area contributed by atoms with Crippen LogP contribution in [-0.2, 0) is 13.1 Å². The maximum Gasteiger partial charge on any atom is 0.123 e. The van der Waals surface area contributed by atoms with E-state index in [0.29, 0.717) is 25.2 Å². The van der Waals surface area contributed by atoms with Crippen molar-refractivity contribution in [2.45, 2.75) is 37.8 Å². The van der Waals surface area contributed by atoms with E-state index in [2.05, 4.69) is 20.6 Å². The van der Waals surface area contributed by atoms with Crippen LogP contribution in [0, 0.1) is 11.7 Å². The lowest BCUT2D eigenvalue weighted by Gasteiger charge is -2.18. The first-order valence-corrected chi connectivity index (χ1v) is 9.24. The minimum atomic E-state index is -0.869. The van der Waals surface area contributed by atoms with Gasteiger partial charge < -0.3 is 15.5 Å². The fraction of sp³-hybridized carbons (Fsp3) is 0.350. The topological polar surface area (TPSA) is 96.1 Å². The molecule has 4 atom stereocenters. The molecule has 2 aromatic heterocycles. The summed E-state index contributed by atoms with van der Waals surface area (Å²) in [7, 11) is 0. The molecule has 0 unspecified atom stereocenters. The SMILES string of the molecule is O[C@@H]1[C@@H](Cn2cc(-c3cccnc3)nn2)C[C@@H](NCc2ccc(F)cc2)[C@@H]1O. The second kappa shape index (κ2) is 8.14. The molecule has 1 saturated carbocycles. The van der Waals surface area contributed by atoms with Gasteiger partial charge in [0.2, 0.25) is 0 Å². The largest absolute Gasteiger partial charge is 0.390 e. The number of aliphatic hydroxyl groups is 2. The zero-order valence-corrected chi connectivity index (χ0v) is 15.2. The van der Waals surface area contributed by atoms with Crippen LogP contribution in [-0.4, -0.2) is 48.4 Å². The molecule has 0 amide bonds.